The Hall–Kier alpha value is -3.44. The number of rotatable bonds is 9. The van der Waals surface area contributed by atoms with E-state index in [-0.39, 0.29) is 27.8 Å². The molecule has 0 atom stereocenters. The number of fused-ring (bicyclic) bond motifs is 1. The van der Waals surface area contributed by atoms with Crippen molar-refractivity contribution in [1.82, 2.24) is 13.9 Å². The number of aromatic amines is 1. The lowest BCUT2D eigenvalue weighted by molar-refractivity contribution is -0.116. The highest BCUT2D eigenvalue weighted by Crippen LogP contribution is 2.30. The third-order valence-electron chi connectivity index (χ3n) is 5.12. The van der Waals surface area contributed by atoms with Crippen molar-refractivity contribution in [3.63, 3.8) is 0 Å². The van der Waals surface area contributed by atoms with Crippen LogP contribution in [0.25, 0.3) is 10.9 Å². The molecule has 3 rings (SSSR count). The van der Waals surface area contributed by atoms with Gasteiger partial charge in [0.25, 0.3) is 5.56 Å². The Bertz CT molecular complexity index is 1420. The fourth-order valence-corrected chi connectivity index (χ4v) is 5.00. The van der Waals surface area contributed by atoms with Crippen LogP contribution < -0.4 is 21.3 Å². The number of hydrogen-bond acceptors (Lipinski definition) is 6. The van der Waals surface area contributed by atoms with E-state index in [4.69, 9.17) is 4.74 Å². The number of ether oxygens (including phenoxy) is 1. The summed E-state index contributed by atoms with van der Waals surface area (Å²) < 4.78 is 33.7. The second-order valence-corrected chi connectivity index (χ2v) is 9.77. The van der Waals surface area contributed by atoms with E-state index in [0.29, 0.717) is 18.6 Å². The van der Waals surface area contributed by atoms with E-state index >= 15 is 0 Å². The number of nitrogens with one attached hydrogen (secondary N) is 2. The molecule has 1 heterocycles. The highest BCUT2D eigenvalue weighted by Gasteiger charge is 2.24. The Labute approximate surface area is 197 Å². The number of nitrogens with zero attached hydrogens (tertiary/aromatic N) is 2. The van der Waals surface area contributed by atoms with Gasteiger partial charge < -0.3 is 15.0 Å². The second kappa shape index (κ2) is 10.2. The van der Waals surface area contributed by atoms with Crippen molar-refractivity contribution >= 4 is 32.5 Å². The van der Waals surface area contributed by atoms with Crippen LogP contribution in [0.1, 0.15) is 27.7 Å². The monoisotopic (exact) mass is 488 g/mol. The summed E-state index contributed by atoms with van der Waals surface area (Å²) in [7, 11) is -3.79. The van der Waals surface area contributed by atoms with E-state index in [0.717, 1.165) is 4.57 Å². The number of anilines is 1. The van der Waals surface area contributed by atoms with Crippen LogP contribution in [0.5, 0.6) is 5.75 Å². The molecule has 3 aromatic rings. The van der Waals surface area contributed by atoms with E-state index in [1.54, 1.807) is 52.0 Å². The molecule has 0 saturated heterocycles. The van der Waals surface area contributed by atoms with Crippen molar-refractivity contribution in [1.29, 1.82) is 0 Å². The van der Waals surface area contributed by atoms with Crippen LogP contribution in [0.2, 0.25) is 0 Å². The Balaban J connectivity index is 1.97. The van der Waals surface area contributed by atoms with Gasteiger partial charge in [0, 0.05) is 13.1 Å². The molecule has 1 aromatic heterocycles. The van der Waals surface area contributed by atoms with Crippen LogP contribution >= 0.6 is 0 Å². The lowest BCUT2D eigenvalue weighted by atomic mass is 10.2. The molecule has 34 heavy (non-hydrogen) atoms. The zero-order valence-corrected chi connectivity index (χ0v) is 20.3. The predicted octanol–water partition coefficient (Wildman–Crippen LogP) is 2.15. The van der Waals surface area contributed by atoms with Gasteiger partial charge in [-0.3, -0.25) is 14.2 Å². The normalized spacial score (nSPS) is 11.8. The number of H-pyrrole nitrogens is 1. The number of sulfonamides is 1. The molecule has 0 unspecified atom stereocenters. The van der Waals surface area contributed by atoms with Gasteiger partial charge in [-0.15, -0.1) is 0 Å². The first kappa shape index (κ1) is 25.2. The summed E-state index contributed by atoms with van der Waals surface area (Å²) in [6.07, 6.45) is -0.244. The highest BCUT2D eigenvalue weighted by molar-refractivity contribution is 7.89. The molecule has 0 aliphatic carbocycles. The summed E-state index contributed by atoms with van der Waals surface area (Å²) in [5, 5.41) is 2.86. The lowest BCUT2D eigenvalue weighted by Crippen LogP contribution is -2.38. The molecule has 0 aliphatic heterocycles. The molecule has 182 valence electrons. The molecular formula is C23H28N4O6S. The molecule has 0 spiro atoms. The van der Waals surface area contributed by atoms with Gasteiger partial charge in [0.1, 0.15) is 12.3 Å². The van der Waals surface area contributed by atoms with Crippen LogP contribution in [-0.4, -0.2) is 47.4 Å². The number of hydrogen-bond donors (Lipinski definition) is 2. The first-order valence-electron chi connectivity index (χ1n) is 10.9. The molecule has 0 saturated carbocycles. The van der Waals surface area contributed by atoms with Crippen LogP contribution in [0.15, 0.2) is 56.9 Å². The van der Waals surface area contributed by atoms with E-state index < -0.39 is 33.7 Å². The Morgan fingerprint density at radius 3 is 2.44 bits per heavy atom. The Kier molecular flexibility index (Phi) is 7.57. The van der Waals surface area contributed by atoms with Crippen LogP contribution in [-0.2, 0) is 21.4 Å². The first-order chi connectivity index (χ1) is 16.1. The minimum atomic E-state index is -3.79. The Morgan fingerprint density at radius 2 is 1.79 bits per heavy atom. The zero-order valence-electron chi connectivity index (χ0n) is 19.5. The summed E-state index contributed by atoms with van der Waals surface area (Å²) in [4.78, 5) is 40.5. The highest BCUT2D eigenvalue weighted by atomic mass is 32.2. The van der Waals surface area contributed by atoms with Gasteiger partial charge in [-0.1, -0.05) is 26.0 Å². The van der Waals surface area contributed by atoms with Gasteiger partial charge in [0.15, 0.2) is 0 Å². The molecule has 1 amide bonds. The van der Waals surface area contributed by atoms with E-state index in [1.807, 2.05) is 0 Å². The predicted molar refractivity (Wildman–Crippen MR) is 130 cm³/mol. The van der Waals surface area contributed by atoms with Crippen molar-refractivity contribution < 1.29 is 17.9 Å². The van der Waals surface area contributed by atoms with E-state index in [1.165, 1.54) is 22.5 Å². The molecule has 2 aromatic carbocycles. The number of carbonyl (C=O) groups excluding carboxylic acids is 1. The van der Waals surface area contributed by atoms with E-state index in [9.17, 15) is 22.8 Å². The lowest BCUT2D eigenvalue weighted by Gasteiger charge is -2.20. The number of aromatic nitrogens is 2. The fourth-order valence-electron chi connectivity index (χ4n) is 3.51. The summed E-state index contributed by atoms with van der Waals surface area (Å²) in [5.41, 5.74) is -0.838. The number of carbonyl (C=O) groups is 1. The second-order valence-electron chi connectivity index (χ2n) is 7.83. The fraction of sp³-hybridized carbons (Fsp3) is 0.348. The maximum absolute atomic E-state index is 13.0. The number of amides is 1. The minimum Gasteiger partial charge on any atom is -0.489 e. The molecular weight excluding hydrogens is 460 g/mol. The molecule has 0 aliphatic rings. The topological polar surface area (TPSA) is 131 Å². The molecule has 11 heteroatoms. The molecule has 0 bridgehead atoms. The Morgan fingerprint density at radius 1 is 1.12 bits per heavy atom. The summed E-state index contributed by atoms with van der Waals surface area (Å²) in [6, 6.07) is 10.7. The maximum atomic E-state index is 13.0. The first-order valence-corrected chi connectivity index (χ1v) is 12.3. The van der Waals surface area contributed by atoms with Gasteiger partial charge in [-0.05, 0) is 44.2 Å². The van der Waals surface area contributed by atoms with Gasteiger partial charge in [-0.2, -0.15) is 4.31 Å². The average Bonchev–Trinajstić information content (AvgIpc) is 2.78. The van der Waals surface area contributed by atoms with Gasteiger partial charge in [-0.25, -0.2) is 13.2 Å². The summed E-state index contributed by atoms with van der Waals surface area (Å²) >= 11 is 0. The molecule has 0 radical (unpaired) electrons. The maximum Gasteiger partial charge on any atom is 0.329 e. The van der Waals surface area contributed by atoms with Crippen LogP contribution in [0, 0.1) is 0 Å². The van der Waals surface area contributed by atoms with Gasteiger partial charge >= 0.3 is 5.69 Å². The average molecular weight is 489 g/mol. The van der Waals surface area contributed by atoms with E-state index in [2.05, 4.69) is 10.3 Å². The standard InChI is InChI=1S/C23H28N4O6S/c1-5-26(6-2)34(31,32)16-11-12-20(33-15(3)4)19(13-16)24-21(28)14-27-22(29)17-9-7-8-10-18(17)25-23(27)30/h7-13,15H,5-6,14H2,1-4H3,(H,24,28)(H,25,30). The summed E-state index contributed by atoms with van der Waals surface area (Å²) in [5.74, 6) is -0.421. The van der Waals surface area contributed by atoms with Crippen molar-refractivity contribution in [2.24, 2.45) is 0 Å². The summed E-state index contributed by atoms with van der Waals surface area (Å²) in [6.45, 7) is 7.07. The van der Waals surface area contributed by atoms with Crippen LogP contribution in [0.3, 0.4) is 0 Å². The minimum absolute atomic E-state index is 0.0108. The quantitative estimate of drug-likeness (QED) is 0.475. The van der Waals surface area contributed by atoms with Crippen molar-refractivity contribution in [3.8, 4) is 5.75 Å². The van der Waals surface area contributed by atoms with Crippen LogP contribution in [0.4, 0.5) is 5.69 Å². The van der Waals surface area contributed by atoms with Gasteiger partial charge in [0.2, 0.25) is 15.9 Å². The molecule has 10 nitrogen and oxygen atoms in total. The van der Waals surface area contributed by atoms with Crippen molar-refractivity contribution in [2.75, 3.05) is 18.4 Å². The van der Waals surface area contributed by atoms with Crippen molar-refractivity contribution in [3.05, 3.63) is 63.3 Å². The SMILES string of the molecule is CCN(CC)S(=O)(=O)c1ccc(OC(C)C)c(NC(=O)Cn2c(=O)[nH]c3ccccc3c2=O)c1. The van der Waals surface area contributed by atoms with Gasteiger partial charge in [0.05, 0.1) is 27.6 Å². The molecule has 0 fully saturated rings. The number of benzene rings is 2. The zero-order chi connectivity index (χ0) is 25.0. The molecule has 2 N–H and O–H groups in total. The largest absolute Gasteiger partial charge is 0.489 e. The third kappa shape index (κ3) is 5.20. The van der Waals surface area contributed by atoms with Crippen molar-refractivity contribution in [2.45, 2.75) is 45.2 Å². The smallest absolute Gasteiger partial charge is 0.329 e. The number of para-hydroxylation sites is 1. The third-order valence-corrected chi connectivity index (χ3v) is 7.17.